The van der Waals surface area contributed by atoms with Crippen LogP contribution in [0.25, 0.3) is 0 Å². The summed E-state index contributed by atoms with van der Waals surface area (Å²) in [4.78, 5) is 0. The highest BCUT2D eigenvalue weighted by Gasteiger charge is 2.11. The van der Waals surface area contributed by atoms with Crippen LogP contribution in [0.2, 0.25) is 0 Å². The van der Waals surface area contributed by atoms with Crippen LogP contribution in [-0.2, 0) is 13.2 Å². The summed E-state index contributed by atoms with van der Waals surface area (Å²) in [5, 5.41) is 12.4. The van der Waals surface area contributed by atoms with Crippen molar-refractivity contribution in [3.05, 3.63) is 53.6 Å². The Kier molecular flexibility index (Phi) is 7.37. The lowest BCUT2D eigenvalue weighted by Crippen LogP contribution is -2.23. The number of nitrogens with one attached hydrogen (secondary N) is 1. The first-order valence-electron chi connectivity index (χ1n) is 8.20. The molecule has 0 amide bonds. The van der Waals surface area contributed by atoms with Crippen molar-refractivity contribution in [2.45, 2.75) is 26.2 Å². The number of fused-ring (bicyclic) bond motifs is 1. The van der Waals surface area contributed by atoms with Crippen LogP contribution in [0.4, 0.5) is 0 Å². The highest BCUT2D eigenvalue weighted by atomic mass is 35.5. The van der Waals surface area contributed by atoms with E-state index in [1.807, 2.05) is 42.5 Å². The Balaban J connectivity index is 0.00000225. The van der Waals surface area contributed by atoms with Crippen molar-refractivity contribution in [1.29, 1.82) is 0 Å². The fourth-order valence-corrected chi connectivity index (χ4v) is 2.47. The lowest BCUT2D eigenvalue weighted by atomic mass is 10.2. The van der Waals surface area contributed by atoms with Gasteiger partial charge in [0.05, 0.1) is 6.10 Å². The van der Waals surface area contributed by atoms with Crippen LogP contribution >= 0.6 is 12.4 Å². The van der Waals surface area contributed by atoms with Crippen LogP contribution in [0.3, 0.4) is 0 Å². The largest absolute Gasteiger partial charge is 0.489 e. The maximum absolute atomic E-state index is 9.23. The number of rotatable bonds is 7. The van der Waals surface area contributed by atoms with Gasteiger partial charge in [-0.05, 0) is 42.3 Å². The Morgan fingerprint density at radius 3 is 2.44 bits per heavy atom. The molecule has 0 fully saturated rings. The van der Waals surface area contributed by atoms with Gasteiger partial charge in [0.25, 0.3) is 0 Å². The molecule has 0 saturated heterocycles. The minimum atomic E-state index is -0.335. The van der Waals surface area contributed by atoms with Crippen molar-refractivity contribution in [2.24, 2.45) is 0 Å². The van der Waals surface area contributed by atoms with Crippen molar-refractivity contribution < 1.29 is 19.3 Å². The topological polar surface area (TPSA) is 60.0 Å². The minimum absolute atomic E-state index is 0. The lowest BCUT2D eigenvalue weighted by molar-refractivity contribution is 0.171. The second kappa shape index (κ2) is 9.51. The van der Waals surface area contributed by atoms with Gasteiger partial charge >= 0.3 is 0 Å². The summed E-state index contributed by atoms with van der Waals surface area (Å²) in [5.74, 6) is 2.39. The molecule has 0 bridgehead atoms. The number of aliphatic hydroxyl groups is 1. The average Bonchev–Trinajstić information content (AvgIpc) is 2.60. The van der Waals surface area contributed by atoms with Crippen LogP contribution < -0.4 is 19.5 Å². The predicted molar refractivity (Wildman–Crippen MR) is 98.8 cm³/mol. The average molecular weight is 366 g/mol. The van der Waals surface area contributed by atoms with E-state index >= 15 is 0 Å². The maximum Gasteiger partial charge on any atom is 0.161 e. The number of benzene rings is 2. The molecular weight excluding hydrogens is 342 g/mol. The van der Waals surface area contributed by atoms with Gasteiger partial charge in [0.15, 0.2) is 11.5 Å². The van der Waals surface area contributed by atoms with E-state index in [1.54, 1.807) is 6.92 Å². The van der Waals surface area contributed by atoms with Gasteiger partial charge in [-0.1, -0.05) is 18.2 Å². The summed E-state index contributed by atoms with van der Waals surface area (Å²) in [6.45, 7) is 4.75. The van der Waals surface area contributed by atoms with Gasteiger partial charge in [-0.25, -0.2) is 0 Å². The Morgan fingerprint density at radius 2 is 1.72 bits per heavy atom. The van der Waals surface area contributed by atoms with E-state index in [0.29, 0.717) is 26.4 Å². The zero-order valence-corrected chi connectivity index (χ0v) is 15.1. The van der Waals surface area contributed by atoms with Gasteiger partial charge in [-0.3, -0.25) is 0 Å². The standard InChI is InChI=1S/C19H23NO4.ClH/c1-14(21)11-20-12-15-2-5-17(6-3-15)24-13-16-4-7-18-19(10-16)23-9-8-22-18;/h2-7,10,14,20-21H,8-9,11-13H2,1H3;1H. The zero-order valence-electron chi connectivity index (χ0n) is 14.2. The third-order valence-electron chi connectivity index (χ3n) is 3.70. The lowest BCUT2D eigenvalue weighted by Gasteiger charge is -2.19. The number of hydrogen-bond donors (Lipinski definition) is 2. The van der Waals surface area contributed by atoms with Crippen LogP contribution in [0.5, 0.6) is 17.2 Å². The molecule has 1 unspecified atom stereocenters. The molecule has 0 saturated carbocycles. The van der Waals surface area contributed by atoms with Gasteiger partial charge < -0.3 is 24.6 Å². The highest BCUT2D eigenvalue weighted by molar-refractivity contribution is 5.85. The Labute approximate surface area is 154 Å². The van der Waals surface area contributed by atoms with Crippen molar-refractivity contribution >= 4 is 12.4 Å². The summed E-state index contributed by atoms with van der Waals surface area (Å²) >= 11 is 0. The van der Waals surface area contributed by atoms with Gasteiger partial charge in [0, 0.05) is 13.1 Å². The van der Waals surface area contributed by atoms with E-state index in [9.17, 15) is 5.11 Å². The zero-order chi connectivity index (χ0) is 16.8. The number of halogens is 1. The van der Waals surface area contributed by atoms with Crippen molar-refractivity contribution in [1.82, 2.24) is 5.32 Å². The second-order valence-electron chi connectivity index (χ2n) is 5.89. The molecule has 6 heteroatoms. The van der Waals surface area contributed by atoms with Gasteiger partial charge in [0.1, 0.15) is 25.6 Å². The minimum Gasteiger partial charge on any atom is -0.489 e. The third-order valence-corrected chi connectivity index (χ3v) is 3.70. The van der Waals surface area contributed by atoms with Crippen LogP contribution in [0.1, 0.15) is 18.1 Å². The van der Waals surface area contributed by atoms with Crippen molar-refractivity contribution in [2.75, 3.05) is 19.8 Å². The normalized spacial score (nSPS) is 13.7. The molecular formula is C19H24ClNO4. The Hall–Kier alpha value is -1.95. The molecule has 1 aliphatic heterocycles. The van der Waals surface area contributed by atoms with E-state index < -0.39 is 0 Å². The first-order valence-corrected chi connectivity index (χ1v) is 8.20. The van der Waals surface area contributed by atoms with Crippen LogP contribution in [-0.4, -0.2) is 31.0 Å². The van der Waals surface area contributed by atoms with Crippen LogP contribution in [0.15, 0.2) is 42.5 Å². The molecule has 2 aromatic carbocycles. The SMILES string of the molecule is CC(O)CNCc1ccc(OCc2ccc3c(c2)OCCO3)cc1.Cl. The van der Waals surface area contributed by atoms with E-state index in [1.165, 1.54) is 0 Å². The fourth-order valence-electron chi connectivity index (χ4n) is 2.47. The number of aliphatic hydroxyl groups excluding tert-OH is 1. The summed E-state index contributed by atoms with van der Waals surface area (Å²) in [5.41, 5.74) is 2.20. The summed E-state index contributed by atoms with van der Waals surface area (Å²) in [6.07, 6.45) is -0.335. The van der Waals surface area contributed by atoms with Crippen molar-refractivity contribution in [3.8, 4) is 17.2 Å². The second-order valence-corrected chi connectivity index (χ2v) is 5.89. The Bertz CT molecular complexity index is 661. The quantitative estimate of drug-likeness (QED) is 0.790. The monoisotopic (exact) mass is 365 g/mol. The smallest absolute Gasteiger partial charge is 0.161 e. The van der Waals surface area contributed by atoms with E-state index in [4.69, 9.17) is 14.2 Å². The molecule has 1 heterocycles. The summed E-state index contributed by atoms with van der Waals surface area (Å²) < 4.78 is 16.9. The van der Waals surface area contributed by atoms with Gasteiger partial charge in [-0.15, -0.1) is 12.4 Å². The molecule has 2 aromatic rings. The van der Waals surface area contributed by atoms with Crippen LogP contribution in [0, 0.1) is 0 Å². The van der Waals surface area contributed by atoms with E-state index in [2.05, 4.69) is 5.32 Å². The molecule has 0 aliphatic carbocycles. The molecule has 0 aromatic heterocycles. The molecule has 2 N–H and O–H groups in total. The highest BCUT2D eigenvalue weighted by Crippen LogP contribution is 2.31. The fraction of sp³-hybridized carbons (Fsp3) is 0.368. The molecule has 3 rings (SSSR count). The number of hydrogen-bond acceptors (Lipinski definition) is 5. The molecule has 136 valence electrons. The predicted octanol–water partition coefficient (Wildman–Crippen LogP) is 2.93. The maximum atomic E-state index is 9.23. The molecule has 1 aliphatic rings. The first kappa shape index (κ1) is 19.4. The van der Waals surface area contributed by atoms with E-state index in [0.717, 1.165) is 34.9 Å². The molecule has 0 radical (unpaired) electrons. The van der Waals surface area contributed by atoms with Gasteiger partial charge in [-0.2, -0.15) is 0 Å². The number of ether oxygens (including phenoxy) is 3. The Morgan fingerprint density at radius 1 is 1.04 bits per heavy atom. The summed E-state index contributed by atoms with van der Waals surface area (Å²) in [6, 6.07) is 13.8. The first-order chi connectivity index (χ1) is 11.7. The van der Waals surface area contributed by atoms with Gasteiger partial charge in [0.2, 0.25) is 0 Å². The molecule has 25 heavy (non-hydrogen) atoms. The molecule has 1 atom stereocenters. The van der Waals surface area contributed by atoms with E-state index in [-0.39, 0.29) is 18.5 Å². The summed E-state index contributed by atoms with van der Waals surface area (Å²) in [7, 11) is 0. The molecule has 5 nitrogen and oxygen atoms in total. The third kappa shape index (κ3) is 5.81. The molecule has 0 spiro atoms. The van der Waals surface area contributed by atoms with Crippen molar-refractivity contribution in [3.63, 3.8) is 0 Å².